The summed E-state index contributed by atoms with van der Waals surface area (Å²) in [6.07, 6.45) is 0.657. The van der Waals surface area contributed by atoms with Gasteiger partial charge in [0.2, 0.25) is 5.91 Å². The molecule has 0 aliphatic carbocycles. The molecule has 0 radical (unpaired) electrons. The first-order valence-corrected chi connectivity index (χ1v) is 7.07. The number of anilines is 1. The molecule has 2 rings (SSSR count). The second-order valence-corrected chi connectivity index (χ2v) is 4.97. The van der Waals surface area contributed by atoms with Crippen molar-refractivity contribution < 1.29 is 23.9 Å². The number of benzene rings is 1. The van der Waals surface area contributed by atoms with E-state index < -0.39 is 24.5 Å². The predicted molar refractivity (Wildman–Crippen MR) is 80.6 cm³/mol. The lowest BCUT2D eigenvalue weighted by atomic mass is 10.2. The summed E-state index contributed by atoms with van der Waals surface area (Å²) in [6.45, 7) is -0.442. The van der Waals surface area contributed by atoms with Gasteiger partial charge in [0.15, 0.2) is 6.61 Å². The zero-order valence-electron chi connectivity index (χ0n) is 12.5. The highest BCUT2D eigenvalue weighted by Crippen LogP contribution is 2.10. The highest BCUT2D eigenvalue weighted by Gasteiger charge is 2.28. The number of carbonyl (C=O) groups is 4. The van der Waals surface area contributed by atoms with Crippen LogP contribution in [0.5, 0.6) is 0 Å². The standard InChI is InChI=1S/C15H17N3O5/c1-16-14(21)9-2-4-10(5-3-9)17-13(20)8-23-15(22)11-6-7-12(19)18-11/h2-5,11H,6-8H2,1H3,(H,16,21)(H,17,20)(H,18,19)/t11-/m1/s1. The molecule has 3 amide bonds. The van der Waals surface area contributed by atoms with E-state index in [1.54, 1.807) is 24.3 Å². The maximum absolute atomic E-state index is 11.7. The SMILES string of the molecule is CNC(=O)c1ccc(NC(=O)COC(=O)[C@H]2CCC(=O)N2)cc1. The Kier molecular flexibility index (Phi) is 5.29. The Morgan fingerprint density at radius 2 is 1.96 bits per heavy atom. The number of rotatable bonds is 5. The molecule has 8 heteroatoms. The molecule has 0 aromatic heterocycles. The van der Waals surface area contributed by atoms with Crippen molar-refractivity contribution in [1.29, 1.82) is 0 Å². The van der Waals surface area contributed by atoms with Crippen molar-refractivity contribution in [3.05, 3.63) is 29.8 Å². The Balaban J connectivity index is 1.79. The van der Waals surface area contributed by atoms with E-state index >= 15 is 0 Å². The van der Waals surface area contributed by atoms with Gasteiger partial charge in [0, 0.05) is 24.7 Å². The molecule has 1 heterocycles. The minimum atomic E-state index is -0.679. The molecule has 0 unspecified atom stereocenters. The van der Waals surface area contributed by atoms with Crippen LogP contribution >= 0.6 is 0 Å². The van der Waals surface area contributed by atoms with E-state index in [4.69, 9.17) is 4.74 Å². The van der Waals surface area contributed by atoms with Crippen LogP contribution in [0, 0.1) is 0 Å². The molecule has 23 heavy (non-hydrogen) atoms. The first-order chi connectivity index (χ1) is 11.0. The Bertz CT molecular complexity index is 627. The fraction of sp³-hybridized carbons (Fsp3) is 0.333. The third kappa shape index (κ3) is 4.53. The summed E-state index contributed by atoms with van der Waals surface area (Å²) >= 11 is 0. The number of hydrogen-bond acceptors (Lipinski definition) is 5. The van der Waals surface area contributed by atoms with Gasteiger partial charge < -0.3 is 20.7 Å². The summed E-state index contributed by atoms with van der Waals surface area (Å²) < 4.78 is 4.86. The Labute approximate surface area is 132 Å². The van der Waals surface area contributed by atoms with Gasteiger partial charge in [-0.15, -0.1) is 0 Å². The first-order valence-electron chi connectivity index (χ1n) is 7.07. The van der Waals surface area contributed by atoms with Crippen molar-refractivity contribution in [2.45, 2.75) is 18.9 Å². The fourth-order valence-corrected chi connectivity index (χ4v) is 2.07. The molecule has 1 aliphatic rings. The van der Waals surface area contributed by atoms with Crippen LogP contribution < -0.4 is 16.0 Å². The van der Waals surface area contributed by atoms with Gasteiger partial charge >= 0.3 is 5.97 Å². The van der Waals surface area contributed by atoms with E-state index in [-0.39, 0.29) is 18.2 Å². The molecule has 0 saturated carbocycles. The van der Waals surface area contributed by atoms with Gasteiger partial charge in [-0.1, -0.05) is 0 Å². The number of hydrogen-bond donors (Lipinski definition) is 3. The van der Waals surface area contributed by atoms with Gasteiger partial charge in [-0.2, -0.15) is 0 Å². The minimum Gasteiger partial charge on any atom is -0.454 e. The quantitative estimate of drug-likeness (QED) is 0.651. The van der Waals surface area contributed by atoms with E-state index in [1.165, 1.54) is 7.05 Å². The van der Waals surface area contributed by atoms with Gasteiger partial charge in [-0.05, 0) is 30.7 Å². The minimum absolute atomic E-state index is 0.201. The van der Waals surface area contributed by atoms with E-state index in [0.717, 1.165) is 0 Å². The number of esters is 1. The largest absolute Gasteiger partial charge is 0.454 e. The fourth-order valence-electron chi connectivity index (χ4n) is 2.07. The third-order valence-corrected chi connectivity index (χ3v) is 3.28. The van der Waals surface area contributed by atoms with Crippen LogP contribution in [-0.4, -0.2) is 43.4 Å². The van der Waals surface area contributed by atoms with Crippen LogP contribution in [0.1, 0.15) is 23.2 Å². The lowest BCUT2D eigenvalue weighted by molar-refractivity contribution is -0.149. The van der Waals surface area contributed by atoms with Crippen molar-refractivity contribution in [1.82, 2.24) is 10.6 Å². The smallest absolute Gasteiger partial charge is 0.329 e. The lowest BCUT2D eigenvalue weighted by Gasteiger charge is -2.10. The summed E-state index contributed by atoms with van der Waals surface area (Å²) in [7, 11) is 1.53. The first kappa shape index (κ1) is 16.5. The number of nitrogens with one attached hydrogen (secondary N) is 3. The molecule has 0 spiro atoms. The second kappa shape index (κ2) is 7.39. The molecular weight excluding hydrogens is 302 g/mol. The maximum atomic E-state index is 11.7. The molecule has 8 nitrogen and oxygen atoms in total. The summed E-state index contributed by atoms with van der Waals surface area (Å²) in [5.74, 6) is -1.56. The number of ether oxygens (including phenoxy) is 1. The topological polar surface area (TPSA) is 114 Å². The average Bonchev–Trinajstić information content (AvgIpc) is 2.99. The highest BCUT2D eigenvalue weighted by atomic mass is 16.5. The number of carbonyl (C=O) groups excluding carboxylic acids is 4. The maximum Gasteiger partial charge on any atom is 0.329 e. The van der Waals surface area contributed by atoms with Crippen molar-refractivity contribution in [2.24, 2.45) is 0 Å². The monoisotopic (exact) mass is 319 g/mol. The van der Waals surface area contributed by atoms with Gasteiger partial charge in [0.25, 0.3) is 11.8 Å². The van der Waals surface area contributed by atoms with Crippen molar-refractivity contribution in [3.63, 3.8) is 0 Å². The molecule has 1 aliphatic heterocycles. The predicted octanol–water partition coefficient (Wildman–Crippen LogP) is -0.193. The molecule has 1 aromatic rings. The molecule has 1 fully saturated rings. The van der Waals surface area contributed by atoms with E-state index in [2.05, 4.69) is 16.0 Å². The van der Waals surface area contributed by atoms with Crippen LogP contribution in [0.25, 0.3) is 0 Å². The van der Waals surface area contributed by atoms with Gasteiger partial charge in [-0.3, -0.25) is 14.4 Å². The Morgan fingerprint density at radius 3 is 2.52 bits per heavy atom. The molecule has 0 bridgehead atoms. The van der Waals surface area contributed by atoms with Crippen LogP contribution in [0.2, 0.25) is 0 Å². The van der Waals surface area contributed by atoms with Crippen molar-refractivity contribution >= 4 is 29.4 Å². The van der Waals surface area contributed by atoms with Gasteiger partial charge in [0.05, 0.1) is 0 Å². The van der Waals surface area contributed by atoms with Gasteiger partial charge in [-0.25, -0.2) is 4.79 Å². The van der Waals surface area contributed by atoms with Crippen molar-refractivity contribution in [2.75, 3.05) is 19.0 Å². The second-order valence-electron chi connectivity index (χ2n) is 4.97. The van der Waals surface area contributed by atoms with Crippen LogP contribution in [0.3, 0.4) is 0 Å². The normalized spacial score (nSPS) is 16.4. The zero-order chi connectivity index (χ0) is 16.8. The van der Waals surface area contributed by atoms with E-state index in [0.29, 0.717) is 17.7 Å². The highest BCUT2D eigenvalue weighted by molar-refractivity contribution is 5.96. The molecule has 122 valence electrons. The summed E-state index contributed by atoms with van der Waals surface area (Å²) in [4.78, 5) is 45.8. The molecule has 3 N–H and O–H groups in total. The van der Waals surface area contributed by atoms with Crippen LogP contribution in [0.15, 0.2) is 24.3 Å². The zero-order valence-corrected chi connectivity index (χ0v) is 12.5. The van der Waals surface area contributed by atoms with Crippen LogP contribution in [0.4, 0.5) is 5.69 Å². The van der Waals surface area contributed by atoms with Crippen LogP contribution in [-0.2, 0) is 19.1 Å². The third-order valence-electron chi connectivity index (χ3n) is 3.28. The molecule has 1 atom stereocenters. The Hall–Kier alpha value is -2.90. The Morgan fingerprint density at radius 1 is 1.26 bits per heavy atom. The molecule has 1 saturated heterocycles. The van der Waals surface area contributed by atoms with E-state index in [9.17, 15) is 19.2 Å². The molecular formula is C15H17N3O5. The van der Waals surface area contributed by atoms with E-state index in [1.807, 2.05) is 0 Å². The molecule has 1 aromatic carbocycles. The average molecular weight is 319 g/mol. The summed E-state index contributed by atoms with van der Waals surface area (Å²) in [5.41, 5.74) is 0.946. The summed E-state index contributed by atoms with van der Waals surface area (Å²) in [5, 5.41) is 7.50. The number of amides is 3. The lowest BCUT2D eigenvalue weighted by Crippen LogP contribution is -2.36. The summed E-state index contributed by atoms with van der Waals surface area (Å²) in [6, 6.07) is 5.59. The van der Waals surface area contributed by atoms with Gasteiger partial charge in [0.1, 0.15) is 6.04 Å². The van der Waals surface area contributed by atoms with Crippen molar-refractivity contribution in [3.8, 4) is 0 Å².